The zero-order chi connectivity index (χ0) is 17.6. The number of ether oxygens (including phenoxy) is 1. The molecule has 26 heavy (non-hydrogen) atoms. The molecular weight excluding hydrogens is 358 g/mol. The van der Waals surface area contributed by atoms with Crippen LogP contribution in [-0.4, -0.2) is 43.0 Å². The predicted molar refractivity (Wildman–Crippen MR) is 99.3 cm³/mol. The highest BCUT2D eigenvalue weighted by Crippen LogP contribution is 2.14. The lowest BCUT2D eigenvalue weighted by atomic mass is 10.1. The zero-order valence-corrected chi connectivity index (χ0v) is 15.1. The van der Waals surface area contributed by atoms with Gasteiger partial charge in [-0.1, -0.05) is 12.1 Å². The molecule has 1 aliphatic rings. The van der Waals surface area contributed by atoms with Crippen LogP contribution >= 0.6 is 12.4 Å². The van der Waals surface area contributed by atoms with Gasteiger partial charge in [0.15, 0.2) is 0 Å². The molecule has 0 aliphatic carbocycles. The van der Waals surface area contributed by atoms with Gasteiger partial charge in [0.2, 0.25) is 5.91 Å². The molecule has 8 heteroatoms. The second-order valence-corrected chi connectivity index (χ2v) is 5.83. The Morgan fingerprint density at radius 1 is 1.15 bits per heavy atom. The number of nitrogens with one attached hydrogen (secondary N) is 1. The lowest BCUT2D eigenvalue weighted by Crippen LogP contribution is -2.41. The third kappa shape index (κ3) is 5.08. The molecule has 0 atom stereocenters. The largest absolute Gasteiger partial charge is 0.467 e. The number of rotatable bonds is 5. The van der Waals surface area contributed by atoms with Gasteiger partial charge in [-0.3, -0.25) is 9.59 Å². The standard InChI is InChI=1S/C18H21N3O4.ClH/c19-11-16-10-14(12-25-16)18(23)20-15-3-1-13(2-4-15)9-17(22)21-5-7-24-8-6-21;/h1-4,10,12H,5-9,11,19H2,(H,20,23);1H. The number of furan rings is 1. The molecule has 7 nitrogen and oxygen atoms in total. The fourth-order valence-electron chi connectivity index (χ4n) is 2.62. The van der Waals surface area contributed by atoms with E-state index in [9.17, 15) is 9.59 Å². The molecule has 3 N–H and O–H groups in total. The molecule has 0 spiro atoms. The lowest BCUT2D eigenvalue weighted by molar-refractivity contribution is -0.134. The summed E-state index contributed by atoms with van der Waals surface area (Å²) in [6.07, 6.45) is 1.72. The Balaban J connectivity index is 0.00000243. The van der Waals surface area contributed by atoms with E-state index in [1.165, 1.54) is 6.26 Å². The van der Waals surface area contributed by atoms with E-state index in [2.05, 4.69) is 5.32 Å². The van der Waals surface area contributed by atoms with Gasteiger partial charge in [0.05, 0.1) is 31.7 Å². The van der Waals surface area contributed by atoms with Gasteiger partial charge in [0.1, 0.15) is 12.0 Å². The highest BCUT2D eigenvalue weighted by atomic mass is 35.5. The lowest BCUT2D eigenvalue weighted by Gasteiger charge is -2.26. The molecule has 140 valence electrons. The number of nitrogens with zero attached hydrogens (tertiary/aromatic N) is 1. The number of anilines is 1. The van der Waals surface area contributed by atoms with E-state index >= 15 is 0 Å². The Labute approximate surface area is 157 Å². The third-order valence-electron chi connectivity index (χ3n) is 4.05. The number of carbonyl (C=O) groups is 2. The summed E-state index contributed by atoms with van der Waals surface area (Å²) in [6.45, 7) is 2.72. The van der Waals surface area contributed by atoms with Gasteiger partial charge in [-0.05, 0) is 23.8 Å². The van der Waals surface area contributed by atoms with Crippen LogP contribution in [0, 0.1) is 0 Å². The predicted octanol–water partition coefficient (Wildman–Crippen LogP) is 1.81. The van der Waals surface area contributed by atoms with Gasteiger partial charge in [-0.15, -0.1) is 12.4 Å². The molecular formula is C18H22ClN3O4. The van der Waals surface area contributed by atoms with Crippen molar-refractivity contribution in [2.24, 2.45) is 5.73 Å². The van der Waals surface area contributed by atoms with E-state index in [0.717, 1.165) is 5.56 Å². The van der Waals surface area contributed by atoms with Crippen LogP contribution in [0.5, 0.6) is 0 Å². The van der Waals surface area contributed by atoms with Crippen molar-refractivity contribution in [3.63, 3.8) is 0 Å². The van der Waals surface area contributed by atoms with Gasteiger partial charge in [0.25, 0.3) is 5.91 Å². The number of hydrogen-bond acceptors (Lipinski definition) is 5. The Morgan fingerprint density at radius 2 is 1.85 bits per heavy atom. The van der Waals surface area contributed by atoms with E-state index in [4.69, 9.17) is 14.9 Å². The summed E-state index contributed by atoms with van der Waals surface area (Å²) in [6, 6.07) is 8.86. The monoisotopic (exact) mass is 379 g/mol. The molecule has 1 aromatic heterocycles. The highest BCUT2D eigenvalue weighted by Gasteiger charge is 2.17. The van der Waals surface area contributed by atoms with Crippen LogP contribution in [0.3, 0.4) is 0 Å². The minimum Gasteiger partial charge on any atom is -0.467 e. The van der Waals surface area contributed by atoms with Crippen LogP contribution in [0.15, 0.2) is 41.0 Å². The molecule has 3 rings (SSSR count). The maximum atomic E-state index is 12.2. The Hall–Kier alpha value is -2.35. The number of carbonyl (C=O) groups excluding carboxylic acids is 2. The molecule has 0 saturated carbocycles. The minimum absolute atomic E-state index is 0. The van der Waals surface area contributed by atoms with Crippen molar-refractivity contribution in [3.05, 3.63) is 53.5 Å². The summed E-state index contributed by atoms with van der Waals surface area (Å²) >= 11 is 0. The Kier molecular flexibility index (Phi) is 7.20. The fraction of sp³-hybridized carbons (Fsp3) is 0.333. The van der Waals surface area contributed by atoms with Crippen LogP contribution in [0.4, 0.5) is 5.69 Å². The minimum atomic E-state index is -0.263. The van der Waals surface area contributed by atoms with Crippen molar-refractivity contribution < 1.29 is 18.7 Å². The van der Waals surface area contributed by atoms with Crippen LogP contribution in [-0.2, 0) is 22.5 Å². The Morgan fingerprint density at radius 3 is 2.46 bits per heavy atom. The second kappa shape index (κ2) is 9.38. The summed E-state index contributed by atoms with van der Waals surface area (Å²) in [4.78, 5) is 26.2. The van der Waals surface area contributed by atoms with E-state index < -0.39 is 0 Å². The number of halogens is 1. The summed E-state index contributed by atoms with van der Waals surface area (Å²) in [5, 5.41) is 2.79. The summed E-state index contributed by atoms with van der Waals surface area (Å²) in [7, 11) is 0. The number of amides is 2. The van der Waals surface area contributed by atoms with Crippen molar-refractivity contribution in [1.29, 1.82) is 0 Å². The topological polar surface area (TPSA) is 97.8 Å². The maximum absolute atomic E-state index is 12.2. The molecule has 0 radical (unpaired) electrons. The number of morpholine rings is 1. The second-order valence-electron chi connectivity index (χ2n) is 5.83. The van der Waals surface area contributed by atoms with E-state index in [0.29, 0.717) is 49.7 Å². The molecule has 1 saturated heterocycles. The average Bonchev–Trinajstić information content (AvgIpc) is 3.13. The number of benzene rings is 1. The quantitative estimate of drug-likeness (QED) is 0.825. The van der Waals surface area contributed by atoms with Crippen LogP contribution in [0.2, 0.25) is 0 Å². The first-order chi connectivity index (χ1) is 12.2. The van der Waals surface area contributed by atoms with Crippen molar-refractivity contribution in [3.8, 4) is 0 Å². The van der Waals surface area contributed by atoms with Crippen molar-refractivity contribution in [1.82, 2.24) is 4.90 Å². The van der Waals surface area contributed by atoms with E-state index in [-0.39, 0.29) is 30.8 Å². The fourth-order valence-corrected chi connectivity index (χ4v) is 2.62. The smallest absolute Gasteiger partial charge is 0.258 e. The zero-order valence-electron chi connectivity index (χ0n) is 14.3. The van der Waals surface area contributed by atoms with Crippen LogP contribution in [0.1, 0.15) is 21.7 Å². The average molecular weight is 380 g/mol. The molecule has 2 aromatic rings. The van der Waals surface area contributed by atoms with Gasteiger partial charge < -0.3 is 25.1 Å². The normalized spacial score (nSPS) is 13.8. The molecule has 0 unspecified atom stereocenters. The summed E-state index contributed by atoms with van der Waals surface area (Å²) in [5.74, 6) is 0.385. The molecule has 1 aromatic carbocycles. The van der Waals surface area contributed by atoms with E-state index in [1.807, 2.05) is 17.0 Å². The third-order valence-corrected chi connectivity index (χ3v) is 4.05. The summed E-state index contributed by atoms with van der Waals surface area (Å²) < 4.78 is 10.4. The van der Waals surface area contributed by atoms with Gasteiger partial charge in [-0.2, -0.15) is 0 Å². The maximum Gasteiger partial charge on any atom is 0.258 e. The first kappa shape index (κ1) is 20.0. The molecule has 1 fully saturated rings. The molecule has 1 aliphatic heterocycles. The molecule has 2 heterocycles. The molecule has 2 amide bonds. The van der Waals surface area contributed by atoms with Crippen molar-refractivity contribution in [2.45, 2.75) is 13.0 Å². The SMILES string of the molecule is Cl.NCc1cc(C(=O)Nc2ccc(CC(=O)N3CCOCC3)cc2)co1. The van der Waals surface area contributed by atoms with Crippen LogP contribution in [0.25, 0.3) is 0 Å². The van der Waals surface area contributed by atoms with Crippen molar-refractivity contribution >= 4 is 29.9 Å². The van der Waals surface area contributed by atoms with E-state index in [1.54, 1.807) is 18.2 Å². The van der Waals surface area contributed by atoms with Crippen molar-refractivity contribution in [2.75, 3.05) is 31.6 Å². The highest BCUT2D eigenvalue weighted by molar-refractivity contribution is 6.04. The molecule has 0 bridgehead atoms. The number of hydrogen-bond donors (Lipinski definition) is 2. The first-order valence-electron chi connectivity index (χ1n) is 8.19. The first-order valence-corrected chi connectivity index (χ1v) is 8.19. The van der Waals surface area contributed by atoms with Gasteiger partial charge >= 0.3 is 0 Å². The summed E-state index contributed by atoms with van der Waals surface area (Å²) in [5.41, 5.74) is 7.45. The van der Waals surface area contributed by atoms with Gasteiger partial charge in [-0.25, -0.2) is 0 Å². The Bertz CT molecular complexity index is 739. The number of nitrogens with two attached hydrogens (primary N) is 1. The van der Waals surface area contributed by atoms with Gasteiger partial charge in [0, 0.05) is 18.8 Å². The van der Waals surface area contributed by atoms with Crippen LogP contribution < -0.4 is 11.1 Å².